The number of carbonyl (C=O) groups excluding carboxylic acids is 1. The fourth-order valence-corrected chi connectivity index (χ4v) is 3.02. The maximum atomic E-state index is 12.1. The summed E-state index contributed by atoms with van der Waals surface area (Å²) >= 11 is 0. The van der Waals surface area contributed by atoms with Crippen molar-refractivity contribution in [2.45, 2.75) is 45.6 Å². The first-order valence-corrected chi connectivity index (χ1v) is 8.79. The number of para-hydroxylation sites is 1. The molecule has 0 aliphatic carbocycles. The van der Waals surface area contributed by atoms with Crippen LogP contribution >= 0.6 is 0 Å². The standard InChI is InChI=1S/C20H25N3O2/c1-13(2)16-7-4-6-14(3)19(16)22-15-9-10-18(21-12-15)23-20(24)17-8-5-11-25-17/h4,6-7,9-10,12-13,17,22H,5,8,11H2,1-3H3,(H,21,23,24). The Bertz CT molecular complexity index is 735. The Kier molecular flexibility index (Phi) is 5.34. The predicted octanol–water partition coefficient (Wildman–Crippen LogP) is 4.37. The van der Waals surface area contributed by atoms with Crippen molar-refractivity contribution in [2.75, 3.05) is 17.2 Å². The molecular weight excluding hydrogens is 314 g/mol. The van der Waals surface area contributed by atoms with E-state index < -0.39 is 0 Å². The topological polar surface area (TPSA) is 63.2 Å². The Balaban J connectivity index is 1.70. The lowest BCUT2D eigenvalue weighted by Gasteiger charge is -2.17. The second kappa shape index (κ2) is 7.66. The molecule has 3 rings (SSSR count). The number of benzene rings is 1. The minimum atomic E-state index is -0.347. The molecule has 0 spiro atoms. The molecule has 25 heavy (non-hydrogen) atoms. The maximum absolute atomic E-state index is 12.1. The van der Waals surface area contributed by atoms with E-state index in [4.69, 9.17) is 4.74 Å². The molecule has 0 saturated carbocycles. The van der Waals surface area contributed by atoms with Crippen molar-refractivity contribution in [3.05, 3.63) is 47.7 Å². The van der Waals surface area contributed by atoms with Gasteiger partial charge in [0.15, 0.2) is 0 Å². The van der Waals surface area contributed by atoms with Gasteiger partial charge in [-0.1, -0.05) is 32.0 Å². The van der Waals surface area contributed by atoms with Crippen LogP contribution in [0, 0.1) is 6.92 Å². The lowest BCUT2D eigenvalue weighted by atomic mass is 9.98. The summed E-state index contributed by atoms with van der Waals surface area (Å²) in [6, 6.07) is 10.1. The maximum Gasteiger partial charge on any atom is 0.254 e. The van der Waals surface area contributed by atoms with Gasteiger partial charge >= 0.3 is 0 Å². The lowest BCUT2D eigenvalue weighted by molar-refractivity contribution is -0.124. The second-order valence-corrected chi connectivity index (χ2v) is 6.74. The van der Waals surface area contributed by atoms with Crippen molar-refractivity contribution in [3.8, 4) is 0 Å². The Hall–Kier alpha value is -2.40. The fraction of sp³-hybridized carbons (Fsp3) is 0.400. The van der Waals surface area contributed by atoms with E-state index in [-0.39, 0.29) is 12.0 Å². The number of aromatic nitrogens is 1. The average molecular weight is 339 g/mol. The average Bonchev–Trinajstić information content (AvgIpc) is 3.13. The van der Waals surface area contributed by atoms with Gasteiger partial charge in [-0.25, -0.2) is 4.98 Å². The molecule has 1 aromatic heterocycles. The molecular formula is C20H25N3O2. The van der Waals surface area contributed by atoms with Crippen LogP contribution in [0.5, 0.6) is 0 Å². The molecule has 2 heterocycles. The van der Waals surface area contributed by atoms with Gasteiger partial charge in [-0.05, 0) is 48.9 Å². The molecule has 1 saturated heterocycles. The smallest absolute Gasteiger partial charge is 0.254 e. The van der Waals surface area contributed by atoms with E-state index in [1.165, 1.54) is 11.1 Å². The third-order valence-electron chi connectivity index (χ3n) is 4.43. The summed E-state index contributed by atoms with van der Waals surface area (Å²) in [5, 5.41) is 6.27. The van der Waals surface area contributed by atoms with Crippen molar-refractivity contribution < 1.29 is 9.53 Å². The SMILES string of the molecule is Cc1cccc(C(C)C)c1Nc1ccc(NC(=O)C2CCCO2)nc1. The van der Waals surface area contributed by atoms with Gasteiger partial charge in [0.2, 0.25) is 0 Å². The van der Waals surface area contributed by atoms with Crippen LogP contribution < -0.4 is 10.6 Å². The van der Waals surface area contributed by atoms with Gasteiger partial charge in [0.05, 0.1) is 11.9 Å². The van der Waals surface area contributed by atoms with Crippen molar-refractivity contribution in [2.24, 2.45) is 0 Å². The first-order chi connectivity index (χ1) is 12.0. The number of carbonyl (C=O) groups is 1. The summed E-state index contributed by atoms with van der Waals surface area (Å²) in [5.41, 5.74) is 4.49. The first-order valence-electron chi connectivity index (χ1n) is 8.79. The zero-order valence-electron chi connectivity index (χ0n) is 15.0. The molecule has 1 aromatic carbocycles. The largest absolute Gasteiger partial charge is 0.368 e. The third kappa shape index (κ3) is 4.17. The molecule has 1 atom stereocenters. The zero-order chi connectivity index (χ0) is 17.8. The highest BCUT2D eigenvalue weighted by Gasteiger charge is 2.23. The van der Waals surface area contributed by atoms with Crippen molar-refractivity contribution in [3.63, 3.8) is 0 Å². The van der Waals surface area contributed by atoms with Crippen molar-refractivity contribution >= 4 is 23.1 Å². The van der Waals surface area contributed by atoms with Gasteiger partial charge in [0.25, 0.3) is 5.91 Å². The molecule has 0 bridgehead atoms. The van der Waals surface area contributed by atoms with E-state index in [0.29, 0.717) is 18.3 Å². The molecule has 2 aromatic rings. The number of hydrogen-bond donors (Lipinski definition) is 2. The second-order valence-electron chi connectivity index (χ2n) is 6.74. The number of anilines is 3. The predicted molar refractivity (Wildman–Crippen MR) is 100 cm³/mol. The summed E-state index contributed by atoms with van der Waals surface area (Å²) < 4.78 is 5.39. The third-order valence-corrected chi connectivity index (χ3v) is 4.43. The summed E-state index contributed by atoms with van der Waals surface area (Å²) in [6.07, 6.45) is 3.10. The summed E-state index contributed by atoms with van der Waals surface area (Å²) in [7, 11) is 0. The van der Waals surface area contributed by atoms with E-state index >= 15 is 0 Å². The Morgan fingerprint density at radius 2 is 2.12 bits per heavy atom. The normalized spacial score (nSPS) is 16.9. The molecule has 1 aliphatic rings. The highest BCUT2D eigenvalue weighted by molar-refractivity contribution is 5.93. The van der Waals surface area contributed by atoms with Crippen molar-refractivity contribution in [1.29, 1.82) is 0 Å². The van der Waals surface area contributed by atoms with Crippen LogP contribution in [0.2, 0.25) is 0 Å². The van der Waals surface area contributed by atoms with E-state index in [0.717, 1.165) is 24.2 Å². The van der Waals surface area contributed by atoms with Crippen LogP contribution in [-0.4, -0.2) is 23.6 Å². The van der Waals surface area contributed by atoms with Gasteiger partial charge in [-0.3, -0.25) is 4.79 Å². The van der Waals surface area contributed by atoms with Crippen LogP contribution in [0.1, 0.15) is 43.7 Å². The van der Waals surface area contributed by atoms with Gasteiger partial charge in [0.1, 0.15) is 11.9 Å². The highest BCUT2D eigenvalue weighted by Crippen LogP contribution is 2.30. The van der Waals surface area contributed by atoms with Gasteiger partial charge in [-0.15, -0.1) is 0 Å². The Morgan fingerprint density at radius 3 is 2.76 bits per heavy atom. The fourth-order valence-electron chi connectivity index (χ4n) is 3.02. The molecule has 5 nitrogen and oxygen atoms in total. The summed E-state index contributed by atoms with van der Waals surface area (Å²) in [4.78, 5) is 16.4. The molecule has 1 fully saturated rings. The number of pyridine rings is 1. The molecule has 2 N–H and O–H groups in total. The molecule has 1 unspecified atom stereocenters. The molecule has 132 valence electrons. The quantitative estimate of drug-likeness (QED) is 0.849. The van der Waals surface area contributed by atoms with Gasteiger partial charge < -0.3 is 15.4 Å². The summed E-state index contributed by atoms with van der Waals surface area (Å²) in [6.45, 7) is 7.12. The molecule has 5 heteroatoms. The summed E-state index contributed by atoms with van der Waals surface area (Å²) in [5.74, 6) is 0.854. The molecule has 1 aliphatic heterocycles. The number of aryl methyl sites for hydroxylation is 1. The minimum Gasteiger partial charge on any atom is -0.368 e. The van der Waals surface area contributed by atoms with Gasteiger partial charge in [0, 0.05) is 12.3 Å². The van der Waals surface area contributed by atoms with Crippen LogP contribution in [0.4, 0.5) is 17.2 Å². The number of nitrogens with one attached hydrogen (secondary N) is 2. The van der Waals surface area contributed by atoms with E-state index in [2.05, 4.69) is 54.6 Å². The van der Waals surface area contributed by atoms with E-state index in [1.54, 1.807) is 6.20 Å². The van der Waals surface area contributed by atoms with Crippen LogP contribution in [-0.2, 0) is 9.53 Å². The highest BCUT2D eigenvalue weighted by atomic mass is 16.5. The number of rotatable bonds is 5. The van der Waals surface area contributed by atoms with Gasteiger partial charge in [-0.2, -0.15) is 0 Å². The number of nitrogens with zero attached hydrogens (tertiary/aromatic N) is 1. The van der Waals surface area contributed by atoms with Crippen LogP contribution in [0.25, 0.3) is 0 Å². The lowest BCUT2D eigenvalue weighted by Crippen LogP contribution is -2.27. The minimum absolute atomic E-state index is 0.119. The number of hydrogen-bond acceptors (Lipinski definition) is 4. The Morgan fingerprint density at radius 1 is 1.28 bits per heavy atom. The van der Waals surface area contributed by atoms with Crippen molar-refractivity contribution in [1.82, 2.24) is 4.98 Å². The van der Waals surface area contributed by atoms with Crippen LogP contribution in [0.3, 0.4) is 0 Å². The number of ether oxygens (including phenoxy) is 1. The monoisotopic (exact) mass is 339 g/mol. The zero-order valence-corrected chi connectivity index (χ0v) is 15.0. The van der Waals surface area contributed by atoms with Crippen LogP contribution in [0.15, 0.2) is 36.5 Å². The first kappa shape index (κ1) is 17.4. The van der Waals surface area contributed by atoms with E-state index in [1.807, 2.05) is 12.1 Å². The molecule has 1 amide bonds. The molecule has 0 radical (unpaired) electrons. The Labute approximate surface area is 148 Å². The number of amides is 1. The van der Waals surface area contributed by atoms with E-state index in [9.17, 15) is 4.79 Å².